The van der Waals surface area contributed by atoms with Crippen LogP contribution >= 0.6 is 11.3 Å². The molecule has 0 spiro atoms. The molecule has 2 aromatic heterocycles. The molecule has 2 aliphatic heterocycles. The molecule has 2 aliphatic rings. The van der Waals surface area contributed by atoms with E-state index in [1.165, 1.54) is 30.0 Å². The Hall–Kier alpha value is -3.34. The second-order valence-electron chi connectivity index (χ2n) is 9.42. The minimum Gasteiger partial charge on any atom is -0.467 e. The fourth-order valence-corrected chi connectivity index (χ4v) is 7.77. The number of sulfonamides is 1. The molecule has 1 amide bonds. The number of esters is 1. The summed E-state index contributed by atoms with van der Waals surface area (Å²) >= 11 is 0.906. The van der Waals surface area contributed by atoms with E-state index in [1.54, 1.807) is 0 Å². The van der Waals surface area contributed by atoms with Crippen LogP contribution in [0.15, 0.2) is 40.3 Å². The number of pyridine rings is 1. The summed E-state index contributed by atoms with van der Waals surface area (Å²) < 4.78 is 75.2. The monoisotopic (exact) mass is 598 g/mol. The summed E-state index contributed by atoms with van der Waals surface area (Å²) in [5, 5.41) is 3.48. The number of rotatable bonds is 8. The van der Waals surface area contributed by atoms with Crippen LogP contribution in [0.3, 0.4) is 0 Å². The van der Waals surface area contributed by atoms with Crippen LogP contribution in [0.2, 0.25) is 0 Å². The van der Waals surface area contributed by atoms with Crippen LogP contribution in [0.1, 0.15) is 24.0 Å². The van der Waals surface area contributed by atoms with Gasteiger partial charge in [0.05, 0.1) is 30.5 Å². The van der Waals surface area contributed by atoms with Crippen LogP contribution < -0.4 is 11.1 Å². The molecule has 3 atom stereocenters. The number of halogens is 3. The number of anilines is 1. The first-order valence-electron chi connectivity index (χ1n) is 12.2. The van der Waals surface area contributed by atoms with Crippen molar-refractivity contribution in [2.24, 2.45) is 0 Å². The Balaban J connectivity index is 1.51. The van der Waals surface area contributed by atoms with E-state index in [0.29, 0.717) is 18.4 Å². The number of nitrogens with zero attached hydrogens (tertiary/aromatic N) is 4. The number of ether oxygens (including phenoxy) is 1. The van der Waals surface area contributed by atoms with Gasteiger partial charge in [-0.1, -0.05) is 6.07 Å². The first-order chi connectivity index (χ1) is 18.9. The van der Waals surface area contributed by atoms with Crippen molar-refractivity contribution in [2.45, 2.75) is 47.9 Å². The number of fused-ring (bicyclic) bond motifs is 1. The molecule has 0 saturated carbocycles. The Morgan fingerprint density at radius 1 is 1.35 bits per heavy atom. The molecule has 2 fully saturated rings. The minimum atomic E-state index is -4.79. The molecule has 5 rings (SSSR count). The molecule has 3 aromatic rings. The van der Waals surface area contributed by atoms with Crippen LogP contribution in [0.25, 0.3) is 10.8 Å². The van der Waals surface area contributed by atoms with Gasteiger partial charge in [-0.15, -0.1) is 11.3 Å². The molecular weight excluding hydrogens is 573 g/mol. The summed E-state index contributed by atoms with van der Waals surface area (Å²) in [4.78, 5) is 35.4. The number of benzene rings is 1. The summed E-state index contributed by atoms with van der Waals surface area (Å²) in [7, 11) is -3.05. The van der Waals surface area contributed by atoms with E-state index in [0.717, 1.165) is 33.7 Å². The van der Waals surface area contributed by atoms with E-state index >= 15 is 0 Å². The number of carbonyl (C=O) groups excluding carboxylic acids is 2. The van der Waals surface area contributed by atoms with Gasteiger partial charge in [-0.2, -0.15) is 17.5 Å². The molecule has 0 radical (unpaired) electrons. The molecule has 1 unspecified atom stereocenters. The van der Waals surface area contributed by atoms with Gasteiger partial charge in [0, 0.05) is 24.5 Å². The fraction of sp³-hybridized carbons (Fsp3) is 0.417. The molecule has 0 aliphatic carbocycles. The molecule has 11 nitrogen and oxygen atoms in total. The maximum absolute atomic E-state index is 14.1. The molecule has 40 heavy (non-hydrogen) atoms. The van der Waals surface area contributed by atoms with Gasteiger partial charge in [-0.05, 0) is 42.5 Å². The number of nitrogens with two attached hydrogens (primary N) is 1. The van der Waals surface area contributed by atoms with Gasteiger partial charge in [-0.25, -0.2) is 18.2 Å². The topological polar surface area (TPSA) is 148 Å². The van der Waals surface area contributed by atoms with E-state index < -0.39 is 58.3 Å². The van der Waals surface area contributed by atoms with Crippen molar-refractivity contribution in [1.82, 2.24) is 24.5 Å². The summed E-state index contributed by atoms with van der Waals surface area (Å²) in [5.41, 5.74) is 5.89. The van der Waals surface area contributed by atoms with Gasteiger partial charge < -0.3 is 20.7 Å². The number of alkyl halides is 3. The molecular formula is C24H25F3N6O5S2. The minimum absolute atomic E-state index is 0.0363. The maximum atomic E-state index is 14.1. The standard InChI is InChI=1S/C24H25F3N6O5S2/c1-38-23(35)18(9-14-8-13-2-5-31-21(28)15(13)10-16(14)24(25,26)27)32-7-4-17(22(32)34)33(19-3-6-30-19)40(36,37)20-11-29-12-39-20/h2,5,8,10-12,17-19,30H,3-4,6-7,9H2,1H3,(H2,28,31)/t17-,18+,19?/m0/s1. The highest BCUT2D eigenvalue weighted by molar-refractivity contribution is 7.91. The Labute approximate surface area is 231 Å². The number of hydrogen-bond donors (Lipinski definition) is 2. The van der Waals surface area contributed by atoms with Gasteiger partial charge in [0.1, 0.15) is 17.9 Å². The molecule has 16 heteroatoms. The Bertz CT molecular complexity index is 1550. The van der Waals surface area contributed by atoms with Gasteiger partial charge in [-0.3, -0.25) is 9.78 Å². The molecule has 4 heterocycles. The summed E-state index contributed by atoms with van der Waals surface area (Å²) in [5.74, 6) is -1.70. The van der Waals surface area contributed by atoms with Gasteiger partial charge in [0.15, 0.2) is 4.21 Å². The molecule has 3 N–H and O–H groups in total. The van der Waals surface area contributed by atoms with Gasteiger partial charge >= 0.3 is 12.1 Å². The van der Waals surface area contributed by atoms with E-state index in [4.69, 9.17) is 10.5 Å². The smallest absolute Gasteiger partial charge is 0.416 e. The van der Waals surface area contributed by atoms with E-state index in [-0.39, 0.29) is 33.9 Å². The number of hydrogen-bond acceptors (Lipinski definition) is 10. The van der Waals surface area contributed by atoms with Crippen molar-refractivity contribution in [1.29, 1.82) is 0 Å². The normalized spacial score (nSPS) is 20.6. The van der Waals surface area contributed by atoms with Crippen molar-refractivity contribution in [3.05, 3.63) is 47.2 Å². The zero-order chi connectivity index (χ0) is 28.8. The number of methoxy groups -OCH3 is 1. The second kappa shape index (κ2) is 10.6. The molecule has 214 valence electrons. The Morgan fingerprint density at radius 3 is 2.70 bits per heavy atom. The highest BCUT2D eigenvalue weighted by Gasteiger charge is 2.50. The average molecular weight is 599 g/mol. The third-order valence-corrected chi connectivity index (χ3v) is 10.3. The number of nitrogens with one attached hydrogen (secondary N) is 1. The third-order valence-electron chi connectivity index (χ3n) is 7.15. The quantitative estimate of drug-likeness (QED) is 0.372. The van der Waals surface area contributed by atoms with E-state index in [9.17, 15) is 31.2 Å². The summed E-state index contributed by atoms with van der Waals surface area (Å²) in [6.45, 7) is 0.494. The number of amides is 1. The van der Waals surface area contributed by atoms with Crippen LogP contribution in [0, 0.1) is 0 Å². The summed E-state index contributed by atoms with van der Waals surface area (Å²) in [6, 6.07) is 1.04. The number of aromatic nitrogens is 2. The van der Waals surface area contributed by atoms with Crippen molar-refractivity contribution in [3.8, 4) is 0 Å². The average Bonchev–Trinajstić information content (AvgIpc) is 3.54. The zero-order valence-corrected chi connectivity index (χ0v) is 22.7. The number of carbonyl (C=O) groups is 2. The number of nitrogen functional groups attached to an aromatic ring is 1. The molecule has 1 aromatic carbocycles. The lowest BCUT2D eigenvalue weighted by molar-refractivity contribution is -0.152. The van der Waals surface area contributed by atoms with Gasteiger partial charge in [0.25, 0.3) is 10.0 Å². The van der Waals surface area contributed by atoms with Crippen LogP contribution in [0.5, 0.6) is 0 Å². The van der Waals surface area contributed by atoms with Crippen molar-refractivity contribution < 1.29 is 35.9 Å². The van der Waals surface area contributed by atoms with Crippen LogP contribution in [-0.2, 0) is 36.9 Å². The van der Waals surface area contributed by atoms with Crippen LogP contribution in [0.4, 0.5) is 19.0 Å². The second-order valence-corrected chi connectivity index (χ2v) is 12.4. The lowest BCUT2D eigenvalue weighted by atomic mass is 9.95. The van der Waals surface area contributed by atoms with E-state index in [2.05, 4.69) is 15.3 Å². The van der Waals surface area contributed by atoms with E-state index in [1.807, 2.05) is 0 Å². The SMILES string of the molecule is COC(=O)[C@@H](Cc1cc2ccnc(N)c2cc1C(F)(F)F)N1CC[C@H](N(C2CCN2)S(=O)(=O)c2cncs2)C1=O. The lowest BCUT2D eigenvalue weighted by Gasteiger charge is -2.40. The number of thiazole rings is 1. The highest BCUT2D eigenvalue weighted by atomic mass is 32.2. The fourth-order valence-electron chi connectivity index (χ4n) is 5.10. The Kier molecular flexibility index (Phi) is 7.45. The van der Waals surface area contributed by atoms with Crippen molar-refractivity contribution in [2.75, 3.05) is 25.9 Å². The Morgan fingerprint density at radius 2 is 2.10 bits per heavy atom. The zero-order valence-electron chi connectivity index (χ0n) is 21.1. The van der Waals surface area contributed by atoms with Gasteiger partial charge in [0.2, 0.25) is 5.91 Å². The predicted octanol–water partition coefficient (Wildman–Crippen LogP) is 1.99. The van der Waals surface area contributed by atoms with Crippen molar-refractivity contribution in [3.63, 3.8) is 0 Å². The first kappa shape index (κ1) is 28.2. The number of likely N-dealkylation sites (tertiary alicyclic amines) is 1. The largest absolute Gasteiger partial charge is 0.467 e. The highest BCUT2D eigenvalue weighted by Crippen LogP contribution is 2.38. The maximum Gasteiger partial charge on any atom is 0.416 e. The first-order valence-corrected chi connectivity index (χ1v) is 14.5. The predicted molar refractivity (Wildman–Crippen MR) is 138 cm³/mol. The third kappa shape index (κ3) is 5.00. The van der Waals surface area contributed by atoms with Crippen molar-refractivity contribution >= 4 is 49.8 Å². The molecule has 0 bridgehead atoms. The molecule has 2 saturated heterocycles. The lowest BCUT2D eigenvalue weighted by Crippen LogP contribution is -2.61. The van der Waals surface area contributed by atoms with Crippen LogP contribution in [-0.4, -0.2) is 77.9 Å². The summed E-state index contributed by atoms with van der Waals surface area (Å²) in [6.07, 6.45) is -2.90.